The molecule has 14 N–H and O–H groups in total. The number of ether oxygens (including phenoxy) is 2. The quantitative estimate of drug-likeness (QED) is 0.0173. The second kappa shape index (κ2) is 61.3. The zero-order valence-corrected chi connectivity index (χ0v) is 69.8. The van der Waals surface area contributed by atoms with Crippen LogP contribution in [0.25, 0.3) is 21.3 Å². The molecule has 6 amide bonds. The number of carboxylic acid groups (broad SMARTS) is 4. The number of aromatic nitrogens is 1. The molecule has 2 heterocycles. The van der Waals surface area contributed by atoms with Gasteiger partial charge in [-0.1, -0.05) is 158 Å². The Morgan fingerprint density at radius 2 is 0.832 bits per heavy atom. The average molecular weight is 1630 g/mol. The van der Waals surface area contributed by atoms with Gasteiger partial charge >= 0.3 is 69.4 Å². The maximum Gasteiger partial charge on any atom is 0 e. The van der Waals surface area contributed by atoms with E-state index in [1.165, 1.54) is 37.4 Å². The molecule has 2 aliphatic carbocycles. The van der Waals surface area contributed by atoms with Crippen LogP contribution in [0.15, 0.2) is 17.0 Å². The van der Waals surface area contributed by atoms with E-state index in [0.717, 1.165) is 119 Å². The fourth-order valence-corrected chi connectivity index (χ4v) is 12.1. The summed E-state index contributed by atoms with van der Waals surface area (Å²) in [5, 5.41) is 71.2. The predicted octanol–water partition coefficient (Wildman–Crippen LogP) is 14.5. The van der Waals surface area contributed by atoms with Crippen LogP contribution in [-0.2, 0) is 74.1 Å². The molecule has 11 atom stereocenters. The van der Waals surface area contributed by atoms with Crippen LogP contribution in [0, 0.1) is 41.4 Å². The van der Waals surface area contributed by atoms with Crippen molar-refractivity contribution in [3.8, 4) is 0 Å². The minimum Gasteiger partial charge on any atom is 0 e. The Bertz CT molecular complexity index is 2670. The Balaban J connectivity index is -0.000000354. The topological polar surface area (TPSA) is 464 Å². The first-order valence-electron chi connectivity index (χ1n) is 38.0. The maximum atomic E-state index is 12.8. The van der Waals surface area contributed by atoms with E-state index in [0.29, 0.717) is 32.4 Å². The molecule has 0 aromatic carbocycles. The van der Waals surface area contributed by atoms with Gasteiger partial charge in [-0.15, -0.1) is 24.9 Å². The molecule has 0 saturated heterocycles. The van der Waals surface area contributed by atoms with Crippen molar-refractivity contribution < 1.29 is 96.7 Å². The molecule has 2 bridgehead atoms. The number of pyridine rings is 1. The van der Waals surface area contributed by atoms with Crippen molar-refractivity contribution in [2.45, 2.75) is 298 Å². The number of halogens is 2. The summed E-state index contributed by atoms with van der Waals surface area (Å²) in [5.41, 5.74) is 11.0. The number of rotatable bonds is 34. The van der Waals surface area contributed by atoms with E-state index in [-0.39, 0.29) is 130 Å². The van der Waals surface area contributed by atoms with Crippen LogP contribution in [0.3, 0.4) is 0 Å². The van der Waals surface area contributed by atoms with Gasteiger partial charge < -0.3 is 94.5 Å². The molecular formula is C74H141Cl2MnN13O16S-4. The monoisotopic (exact) mass is 1620 g/mol. The van der Waals surface area contributed by atoms with Gasteiger partial charge in [-0.3, -0.25) is 43.3 Å². The Hall–Kier alpha value is -5.34. The molecule has 1 aromatic heterocycles. The summed E-state index contributed by atoms with van der Waals surface area (Å²) in [6.07, 6.45) is 19.3. The third-order valence-corrected chi connectivity index (χ3v) is 18.2. The van der Waals surface area contributed by atoms with E-state index in [2.05, 4.69) is 38.8 Å². The first-order valence-corrected chi connectivity index (χ1v) is 42.2. The summed E-state index contributed by atoms with van der Waals surface area (Å²) in [4.78, 5) is 121. The molecule has 107 heavy (non-hydrogen) atoms. The van der Waals surface area contributed by atoms with Gasteiger partial charge in [-0.05, 0) is 98.6 Å². The number of carbonyl (C=O) groups is 10. The van der Waals surface area contributed by atoms with Gasteiger partial charge in [0.2, 0.25) is 23.6 Å². The van der Waals surface area contributed by atoms with Gasteiger partial charge in [0.05, 0.1) is 56.1 Å². The van der Waals surface area contributed by atoms with Crippen molar-refractivity contribution in [1.82, 2.24) is 36.9 Å². The fourth-order valence-electron chi connectivity index (χ4n) is 11.3. The van der Waals surface area contributed by atoms with Gasteiger partial charge in [0.1, 0.15) is 11.2 Å². The van der Waals surface area contributed by atoms with Crippen LogP contribution in [0.4, 0.5) is 9.59 Å². The fraction of sp³-hybridized carbons (Fsp3) is 0.797. The number of thioether (sulfide) groups is 1. The van der Waals surface area contributed by atoms with Crippen molar-refractivity contribution >= 4 is 91.7 Å². The van der Waals surface area contributed by atoms with Crippen LogP contribution in [0.1, 0.15) is 262 Å². The van der Waals surface area contributed by atoms with E-state index in [4.69, 9.17) is 82.7 Å². The summed E-state index contributed by atoms with van der Waals surface area (Å²) >= 11 is 1.44. The summed E-state index contributed by atoms with van der Waals surface area (Å²) in [6.45, 7) is 28.1. The number of nitrogens with zero attached hydrogens (tertiary/aromatic N) is 5. The number of aliphatic carboxylic acids is 4. The first-order chi connectivity index (χ1) is 50.5. The van der Waals surface area contributed by atoms with Crippen LogP contribution < -0.4 is 43.4 Å². The molecule has 1 aliphatic heterocycles. The number of unbranched alkanes of at least 4 members (excludes halogenated alkanes) is 4. The Labute approximate surface area is 662 Å². The summed E-state index contributed by atoms with van der Waals surface area (Å²) in [7, 11) is 9.59. The van der Waals surface area contributed by atoms with E-state index in [1.54, 1.807) is 69.2 Å². The minimum atomic E-state index is -0.911. The second-order valence-corrected chi connectivity index (χ2v) is 32.1. The number of amides is 6. The van der Waals surface area contributed by atoms with Crippen molar-refractivity contribution in [3.63, 3.8) is 0 Å². The average Bonchev–Trinajstić information content (AvgIpc) is 1.45. The largest absolute Gasteiger partial charge is 0 e. The Morgan fingerprint density at radius 1 is 0.514 bits per heavy atom. The Morgan fingerprint density at radius 3 is 1.16 bits per heavy atom. The van der Waals surface area contributed by atoms with Crippen LogP contribution in [-0.4, -0.2) is 166 Å². The Kier molecular flexibility index (Phi) is 59.5. The molecule has 0 radical (unpaired) electrons. The number of carbonyl (C=O) groups excluding carboxylic acids is 6. The van der Waals surface area contributed by atoms with Crippen molar-refractivity contribution in [2.24, 2.45) is 52.9 Å². The molecular weight excluding hydrogens is 1480 g/mol. The van der Waals surface area contributed by atoms with E-state index in [1.807, 2.05) is 32.9 Å². The normalized spacial score (nSPS) is 18.3. The zero-order valence-electron chi connectivity index (χ0n) is 66.3. The van der Waals surface area contributed by atoms with Crippen molar-refractivity contribution in [2.75, 3.05) is 45.5 Å². The molecule has 0 spiro atoms. The molecule has 4 rings (SSSR count). The second-order valence-electron chi connectivity index (χ2n) is 29.1. The molecule has 7 unspecified atom stereocenters. The summed E-state index contributed by atoms with van der Waals surface area (Å²) < 4.78 is 9.91. The van der Waals surface area contributed by atoms with E-state index < -0.39 is 70.9 Å². The van der Waals surface area contributed by atoms with Crippen LogP contribution >= 0.6 is 32.0 Å². The number of fused-ring (bicyclic) bond motifs is 4. The van der Waals surface area contributed by atoms with Gasteiger partial charge in [0.15, 0.2) is 0 Å². The first kappa shape index (κ1) is 104. The third kappa shape index (κ3) is 54.0. The SMILES string of the molecule is CC(C)(C)OC(=O)NCN.CCCCC(C)C(=O)O.CCCCC(CC(C)C(=O)O)C(=O)NCN.CCCCC(CC(C)C(=O)O)C(=O)NCNC(=O)CSc1cc2nc(c1)C[N-][C@@H]1CCCC[C@H]1[N-]CC[N-][C@@H]1CCCC[C@H]1[N-]C2.CCCCC(CC(C)C(=O)O)C(=O)NCNC(=O)OC(C)(C)C.[Cl][Mn][Cl].[HH].[HH].[HH].[HH]. The number of alkyl carbamates (subject to hydrolysis) is 2. The van der Waals surface area contributed by atoms with Crippen LogP contribution in [0.5, 0.6) is 0 Å². The van der Waals surface area contributed by atoms with Crippen LogP contribution in [0.2, 0.25) is 0 Å². The summed E-state index contributed by atoms with van der Waals surface area (Å²) in [6, 6.07) is 4.99. The van der Waals surface area contributed by atoms with Gasteiger partial charge in [0, 0.05) is 39.7 Å². The molecule has 2 saturated carbocycles. The van der Waals surface area contributed by atoms with E-state index >= 15 is 0 Å². The molecule has 629 valence electrons. The number of nitrogens with one attached hydrogen (secondary N) is 6. The smallest absolute Gasteiger partial charge is 0 e. The van der Waals surface area contributed by atoms with Crippen molar-refractivity contribution in [3.05, 3.63) is 44.8 Å². The zero-order chi connectivity index (χ0) is 81.5. The molecule has 1 aromatic rings. The van der Waals surface area contributed by atoms with Gasteiger partial charge in [0.25, 0.3) is 0 Å². The molecule has 33 heteroatoms. The molecule has 3 aliphatic rings. The van der Waals surface area contributed by atoms with E-state index in [9.17, 15) is 53.1 Å². The maximum absolute atomic E-state index is 12.8. The molecule has 29 nitrogen and oxygen atoms in total. The number of hydrogen-bond acceptors (Lipinski definition) is 16. The number of carboxylic acids is 4. The minimum absolute atomic E-state index is 0. The van der Waals surface area contributed by atoms with Gasteiger partial charge in [-0.2, -0.15) is 37.3 Å². The predicted molar refractivity (Wildman–Crippen MR) is 427 cm³/mol. The number of nitrogens with two attached hydrogens (primary N) is 2. The standard InChI is InChI=1S/C34H53N7O4S.C16H30N2O5.C11H22N2O3.C7H14O2.C6H14N2O2.2ClH.Mn.4H2/c1-3-4-9-24(16-23(2)34(44)45)33(43)40-22-39-32(42)21-46-27-17-25-19-37-30-12-7-5-10-28(30)35-14-15-36-29-11-6-8-13-31(29)38-20-26(18-27)41-25;1-6-7-8-12(9-11(2)14(20)21)13(19)17-10-18-15(22)23-16(3,4)5;1-3-4-5-9(10(14)13-7-12)6-8(2)11(15)16;1-3-4-5-6(2)7(8)9;1-6(2,3)10-5(9)8-4-7;;;;;;;/h17-18,23-24,28-31H,3-16,19-22H2,1-2H3,(H,39,42)(H,40,43)(H,44,45);11-12H,6-10H2,1-5H3,(H,17,19)(H,18,22)(H,20,21);8-9H,3-7,12H2,1-2H3,(H,13,14)(H,15,16);6H,3-5H2,1-2H3,(H,8,9);4,7H2,1-3H3,(H,8,9);2*1H;;4*1H/q-4;;;;;;;+2;;;;/p-2/t23?,24?,28-,29-,30-,31-;;;;;;;;;;;/m1.........../s1. The molecule has 2 fully saturated rings. The number of hydrogen-bond donors (Lipinski definition) is 12. The third-order valence-electron chi connectivity index (χ3n) is 17.3. The van der Waals surface area contributed by atoms with Crippen molar-refractivity contribution in [1.29, 1.82) is 0 Å². The van der Waals surface area contributed by atoms with Gasteiger partial charge in [-0.25, -0.2) is 9.59 Å². The summed E-state index contributed by atoms with van der Waals surface area (Å²) in [5.74, 6) is -6.81.